The normalized spacial score (nSPS) is 16.0. The summed E-state index contributed by atoms with van der Waals surface area (Å²) in [5, 5.41) is 0. The summed E-state index contributed by atoms with van der Waals surface area (Å²) in [7, 11) is -5.51. The Hall–Kier alpha value is -1.12. The van der Waals surface area contributed by atoms with E-state index in [4.69, 9.17) is 0 Å². The summed E-state index contributed by atoms with van der Waals surface area (Å²) in [6.45, 7) is 5.47. The summed E-state index contributed by atoms with van der Waals surface area (Å²) in [5.41, 5.74) is 1.32. The molecule has 23 heavy (non-hydrogen) atoms. The molecule has 0 radical (unpaired) electrons. The number of sulfone groups is 1. The molecule has 0 fully saturated rings. The summed E-state index contributed by atoms with van der Waals surface area (Å²) in [6, 6.07) is 6.63. The van der Waals surface area contributed by atoms with Crippen LogP contribution in [-0.4, -0.2) is 34.1 Å². The Labute approximate surface area is 143 Å². The maximum absolute atomic E-state index is 13.4. The van der Waals surface area contributed by atoms with E-state index < -0.39 is 24.0 Å². The van der Waals surface area contributed by atoms with Gasteiger partial charge in [-0.2, -0.15) is 0 Å². The summed E-state index contributed by atoms with van der Waals surface area (Å²) in [5.74, 6) is 0.743. The van der Waals surface area contributed by atoms with Crippen molar-refractivity contribution >= 4 is 32.4 Å². The molecular formula is C15H20N2O3S3. The lowest BCUT2D eigenvalue weighted by Crippen LogP contribution is -2.38. The van der Waals surface area contributed by atoms with Gasteiger partial charge in [-0.3, -0.25) is 4.21 Å². The van der Waals surface area contributed by atoms with Crippen LogP contribution in [0, 0.1) is 6.92 Å². The molecule has 8 heteroatoms. The van der Waals surface area contributed by atoms with Crippen LogP contribution in [0.25, 0.3) is 0 Å². The molecule has 2 aromatic rings. The summed E-state index contributed by atoms with van der Waals surface area (Å²) in [4.78, 5) is 6.97. The lowest BCUT2D eigenvalue weighted by atomic mass is 10.2. The molecule has 0 aliphatic carbocycles. The number of nitrogens with zero attached hydrogens (tertiary/aromatic N) is 1. The van der Waals surface area contributed by atoms with Gasteiger partial charge in [-0.05, 0) is 24.8 Å². The Morgan fingerprint density at radius 2 is 1.91 bits per heavy atom. The van der Waals surface area contributed by atoms with Gasteiger partial charge in [-0.15, -0.1) is 11.8 Å². The zero-order valence-electron chi connectivity index (χ0n) is 13.3. The third-order valence-corrected chi connectivity index (χ3v) is 10.6. The monoisotopic (exact) mass is 372 g/mol. The van der Waals surface area contributed by atoms with E-state index in [2.05, 4.69) is 9.97 Å². The fraction of sp³-hybridized carbons (Fsp3) is 0.400. The van der Waals surface area contributed by atoms with E-state index in [9.17, 15) is 12.6 Å². The molecular weight excluding hydrogens is 352 g/mol. The van der Waals surface area contributed by atoms with Crippen LogP contribution in [0.1, 0.15) is 25.1 Å². The quantitative estimate of drug-likeness (QED) is 0.808. The van der Waals surface area contributed by atoms with Gasteiger partial charge in [0.15, 0.2) is 0 Å². The van der Waals surface area contributed by atoms with Gasteiger partial charge in [0.25, 0.3) is 0 Å². The van der Waals surface area contributed by atoms with Crippen molar-refractivity contribution in [3.05, 3.63) is 48.0 Å². The Morgan fingerprint density at radius 1 is 1.26 bits per heavy atom. The lowest BCUT2D eigenvalue weighted by molar-refractivity contribution is 0.588. The number of imidazole rings is 1. The Kier molecular flexibility index (Phi) is 5.70. The van der Waals surface area contributed by atoms with Crippen LogP contribution in [0.15, 0.2) is 41.7 Å². The highest BCUT2D eigenvalue weighted by molar-refractivity contribution is 8.26. The third-order valence-electron chi connectivity index (χ3n) is 3.41. The third kappa shape index (κ3) is 3.12. The molecule has 0 amide bonds. The molecule has 1 aromatic heterocycles. The fourth-order valence-corrected chi connectivity index (χ4v) is 8.99. The predicted molar refractivity (Wildman–Crippen MR) is 95.4 cm³/mol. The molecule has 2 unspecified atom stereocenters. The lowest BCUT2D eigenvalue weighted by Gasteiger charge is -2.30. The van der Waals surface area contributed by atoms with E-state index in [1.54, 1.807) is 31.2 Å². The predicted octanol–water partition coefficient (Wildman–Crippen LogP) is 2.82. The molecule has 0 saturated heterocycles. The molecule has 0 spiro atoms. The first-order chi connectivity index (χ1) is 10.9. The van der Waals surface area contributed by atoms with Crippen LogP contribution in [-0.2, 0) is 24.0 Å². The van der Waals surface area contributed by atoms with Crippen molar-refractivity contribution in [3.63, 3.8) is 0 Å². The Balaban J connectivity index is 2.74. The van der Waals surface area contributed by atoms with Crippen LogP contribution in [0.3, 0.4) is 0 Å². The van der Waals surface area contributed by atoms with Gasteiger partial charge in [0.05, 0.1) is 33.9 Å². The first-order valence-corrected chi connectivity index (χ1v) is 11.0. The Morgan fingerprint density at radius 3 is 2.39 bits per heavy atom. The number of aromatic nitrogens is 2. The van der Waals surface area contributed by atoms with Crippen LogP contribution >= 0.6 is 11.8 Å². The van der Waals surface area contributed by atoms with Crippen molar-refractivity contribution in [2.75, 3.05) is 11.5 Å². The van der Waals surface area contributed by atoms with Crippen LogP contribution in [0.5, 0.6) is 0 Å². The second-order valence-corrected chi connectivity index (χ2v) is 11.1. The Bertz CT molecular complexity index is 771. The average molecular weight is 373 g/mol. The molecule has 1 aromatic carbocycles. The van der Waals surface area contributed by atoms with Crippen LogP contribution in [0.4, 0.5) is 0 Å². The van der Waals surface area contributed by atoms with E-state index in [-0.39, 0.29) is 10.6 Å². The molecule has 0 saturated carbocycles. The number of benzene rings is 1. The van der Waals surface area contributed by atoms with Crippen LogP contribution in [0.2, 0.25) is 0 Å². The van der Waals surface area contributed by atoms with E-state index >= 15 is 0 Å². The van der Waals surface area contributed by atoms with Gasteiger partial charge in [-0.25, -0.2) is 13.4 Å². The molecule has 1 heterocycles. The minimum Gasteiger partial charge on any atom is -0.346 e. The summed E-state index contributed by atoms with van der Waals surface area (Å²) >= 11 is 1.16. The number of aryl methyl sites for hydroxylation is 1. The fourth-order valence-electron chi connectivity index (χ4n) is 2.29. The second-order valence-electron chi connectivity index (χ2n) is 4.91. The minimum atomic E-state index is -3.88. The molecule has 2 rings (SSSR count). The van der Waals surface area contributed by atoms with Crippen molar-refractivity contribution in [2.45, 2.75) is 29.1 Å². The molecule has 0 aliphatic rings. The zero-order valence-corrected chi connectivity index (χ0v) is 15.7. The van der Waals surface area contributed by atoms with Crippen molar-refractivity contribution in [1.29, 1.82) is 0 Å². The number of aromatic amines is 1. The highest BCUT2D eigenvalue weighted by Gasteiger charge is 2.52. The van der Waals surface area contributed by atoms with Gasteiger partial charge in [0.2, 0.25) is 13.2 Å². The van der Waals surface area contributed by atoms with Gasteiger partial charge in [-0.1, -0.05) is 31.5 Å². The molecule has 126 valence electrons. The molecule has 1 N–H and O–H groups in total. The van der Waals surface area contributed by atoms with Crippen molar-refractivity contribution in [2.24, 2.45) is 0 Å². The van der Waals surface area contributed by atoms with E-state index in [1.165, 1.54) is 12.5 Å². The van der Waals surface area contributed by atoms with Crippen molar-refractivity contribution in [1.82, 2.24) is 9.97 Å². The van der Waals surface area contributed by atoms with E-state index in [1.807, 2.05) is 13.8 Å². The standard InChI is InChI=1S/C15H20N2O3S3/c1-4-21-15(22(18)5-2,14-10-16-11-17-14)23(19,20)13-8-6-12(3)7-9-13/h6-11H,4-5H2,1-3H3,(H,16,17). The number of rotatable bonds is 7. The molecule has 0 aliphatic heterocycles. The number of hydrogen-bond acceptors (Lipinski definition) is 5. The van der Waals surface area contributed by atoms with Gasteiger partial charge in [0, 0.05) is 5.75 Å². The topological polar surface area (TPSA) is 79.9 Å². The maximum Gasteiger partial charge on any atom is 0.237 e. The van der Waals surface area contributed by atoms with E-state index in [0.717, 1.165) is 17.3 Å². The van der Waals surface area contributed by atoms with Gasteiger partial charge in [0.1, 0.15) is 0 Å². The summed E-state index contributed by atoms with van der Waals surface area (Å²) in [6.07, 6.45) is 2.86. The molecule has 2 atom stereocenters. The van der Waals surface area contributed by atoms with Crippen LogP contribution < -0.4 is 0 Å². The highest BCUT2D eigenvalue weighted by atomic mass is 32.3. The first kappa shape index (κ1) is 18.2. The van der Waals surface area contributed by atoms with E-state index in [0.29, 0.717) is 11.4 Å². The first-order valence-electron chi connectivity index (χ1n) is 7.22. The second kappa shape index (κ2) is 7.19. The number of H-pyrrole nitrogens is 1. The number of nitrogens with one attached hydrogen (secondary N) is 1. The number of hydrogen-bond donors (Lipinski definition) is 1. The van der Waals surface area contributed by atoms with Gasteiger partial charge < -0.3 is 4.98 Å². The zero-order chi connectivity index (χ0) is 17.1. The smallest absolute Gasteiger partial charge is 0.237 e. The van der Waals surface area contributed by atoms with Crippen molar-refractivity contribution < 1.29 is 12.6 Å². The molecule has 5 nitrogen and oxygen atoms in total. The largest absolute Gasteiger partial charge is 0.346 e. The van der Waals surface area contributed by atoms with Gasteiger partial charge >= 0.3 is 0 Å². The average Bonchev–Trinajstić information content (AvgIpc) is 3.06. The minimum absolute atomic E-state index is 0.167. The number of thioether (sulfide) groups is 1. The van der Waals surface area contributed by atoms with Crippen molar-refractivity contribution in [3.8, 4) is 0 Å². The highest BCUT2D eigenvalue weighted by Crippen LogP contribution is 2.47. The SMILES string of the molecule is CCSC(c1cnc[nH]1)(S(=O)CC)S(=O)(=O)c1ccc(C)cc1. The maximum atomic E-state index is 13.4. The summed E-state index contributed by atoms with van der Waals surface area (Å²) < 4.78 is 38.1. The molecule has 0 bridgehead atoms.